The number of amides is 1. The number of carbonyl (C=O) groups excluding carboxylic acids is 1. The zero-order valence-electron chi connectivity index (χ0n) is 15.4. The van der Waals surface area contributed by atoms with E-state index < -0.39 is 0 Å². The lowest BCUT2D eigenvalue weighted by Crippen LogP contribution is -2.24. The summed E-state index contributed by atoms with van der Waals surface area (Å²) in [5.41, 5.74) is 1.62. The van der Waals surface area contributed by atoms with Crippen LogP contribution in [0.4, 0.5) is 11.4 Å². The molecule has 3 rings (SSSR count). The van der Waals surface area contributed by atoms with Crippen molar-refractivity contribution in [1.82, 2.24) is 15.1 Å². The van der Waals surface area contributed by atoms with Crippen molar-refractivity contribution in [2.24, 2.45) is 0 Å². The second-order valence-corrected chi connectivity index (χ2v) is 6.23. The molecule has 0 aliphatic rings. The fourth-order valence-corrected chi connectivity index (χ4v) is 2.70. The number of carbonyl (C=O) groups is 1. The van der Waals surface area contributed by atoms with Crippen molar-refractivity contribution in [3.05, 3.63) is 75.7 Å². The molecule has 0 saturated carbocycles. The molecule has 0 spiro atoms. The number of nitrogens with one attached hydrogen (secondary N) is 2. The highest BCUT2D eigenvalue weighted by atomic mass is 35.5. The molecule has 144 valence electrons. The fourth-order valence-electron chi connectivity index (χ4n) is 2.58. The first-order valence-electron chi connectivity index (χ1n) is 8.63. The Labute approximate surface area is 166 Å². The van der Waals surface area contributed by atoms with Gasteiger partial charge in [-0.05, 0) is 55.5 Å². The molecule has 3 aromatic rings. The zero-order valence-corrected chi connectivity index (χ0v) is 16.2. The highest BCUT2D eigenvalue weighted by molar-refractivity contribution is 6.30. The molecule has 1 amide bonds. The van der Waals surface area contributed by atoms with Crippen LogP contribution in [0.25, 0.3) is 5.69 Å². The minimum atomic E-state index is -0.372. The van der Waals surface area contributed by atoms with Gasteiger partial charge in [0.25, 0.3) is 11.5 Å². The molecular formula is C20H19ClN4O3. The van der Waals surface area contributed by atoms with E-state index in [0.29, 0.717) is 34.3 Å². The summed E-state index contributed by atoms with van der Waals surface area (Å²) in [5.74, 6) is 0.156. The van der Waals surface area contributed by atoms with Crippen LogP contribution in [0.15, 0.2) is 59.5 Å². The summed E-state index contributed by atoms with van der Waals surface area (Å²) >= 11 is 5.92. The standard InChI is InChI=1S/C20H19ClN4O3/c1-3-28-17-12-23-25(16-10-6-14(21)7-11-16)20(27)18(17)24-15-8-4-13(5-9-15)19(26)22-2/h4-12,24H,3H2,1-2H3,(H,22,26). The van der Waals surface area contributed by atoms with Crippen molar-refractivity contribution in [3.63, 3.8) is 0 Å². The molecule has 8 heteroatoms. The Morgan fingerprint density at radius 2 is 1.82 bits per heavy atom. The lowest BCUT2D eigenvalue weighted by atomic mass is 10.2. The van der Waals surface area contributed by atoms with Gasteiger partial charge in [-0.15, -0.1) is 0 Å². The van der Waals surface area contributed by atoms with Gasteiger partial charge in [0.2, 0.25) is 0 Å². The SMILES string of the molecule is CCOc1cnn(-c2ccc(Cl)cc2)c(=O)c1Nc1ccc(C(=O)NC)cc1. The van der Waals surface area contributed by atoms with Gasteiger partial charge in [-0.2, -0.15) is 9.78 Å². The molecule has 28 heavy (non-hydrogen) atoms. The maximum absolute atomic E-state index is 13.0. The minimum absolute atomic E-state index is 0.185. The summed E-state index contributed by atoms with van der Waals surface area (Å²) in [5, 5.41) is 10.4. The maximum Gasteiger partial charge on any atom is 0.299 e. The predicted octanol–water partition coefficient (Wildman–Crippen LogP) is 3.39. The van der Waals surface area contributed by atoms with Crippen LogP contribution < -0.4 is 20.9 Å². The van der Waals surface area contributed by atoms with Crippen molar-refractivity contribution >= 4 is 28.9 Å². The number of benzene rings is 2. The Hall–Kier alpha value is -3.32. The fraction of sp³-hybridized carbons (Fsp3) is 0.150. The number of hydrogen-bond donors (Lipinski definition) is 2. The van der Waals surface area contributed by atoms with Crippen molar-refractivity contribution in [3.8, 4) is 11.4 Å². The van der Waals surface area contributed by atoms with Gasteiger partial charge in [0.15, 0.2) is 11.4 Å². The van der Waals surface area contributed by atoms with E-state index in [9.17, 15) is 9.59 Å². The van der Waals surface area contributed by atoms with Crippen molar-refractivity contribution in [1.29, 1.82) is 0 Å². The predicted molar refractivity (Wildman–Crippen MR) is 109 cm³/mol. The first kappa shape index (κ1) is 19.4. The topological polar surface area (TPSA) is 85.2 Å². The molecule has 0 bridgehead atoms. The van der Waals surface area contributed by atoms with Crippen LogP contribution >= 0.6 is 11.6 Å². The number of hydrogen-bond acceptors (Lipinski definition) is 5. The van der Waals surface area contributed by atoms with Crippen LogP contribution in [0.2, 0.25) is 5.02 Å². The van der Waals surface area contributed by atoms with Gasteiger partial charge < -0.3 is 15.4 Å². The highest BCUT2D eigenvalue weighted by Crippen LogP contribution is 2.24. The van der Waals surface area contributed by atoms with Gasteiger partial charge in [0.05, 0.1) is 18.5 Å². The van der Waals surface area contributed by atoms with Gasteiger partial charge in [0.1, 0.15) is 0 Å². The van der Waals surface area contributed by atoms with Crippen LogP contribution in [0.3, 0.4) is 0 Å². The Bertz CT molecular complexity index is 1030. The van der Waals surface area contributed by atoms with E-state index in [1.807, 2.05) is 6.92 Å². The van der Waals surface area contributed by atoms with E-state index in [2.05, 4.69) is 15.7 Å². The minimum Gasteiger partial charge on any atom is -0.490 e. The van der Waals surface area contributed by atoms with Gasteiger partial charge in [0, 0.05) is 23.3 Å². The second-order valence-electron chi connectivity index (χ2n) is 5.79. The maximum atomic E-state index is 13.0. The summed E-state index contributed by atoms with van der Waals surface area (Å²) in [6, 6.07) is 13.6. The number of aromatic nitrogens is 2. The molecule has 1 heterocycles. The van der Waals surface area contributed by atoms with Crippen LogP contribution in [0.1, 0.15) is 17.3 Å². The molecule has 1 aromatic heterocycles. The van der Waals surface area contributed by atoms with Crippen LogP contribution in [0.5, 0.6) is 5.75 Å². The number of anilines is 2. The molecule has 0 unspecified atom stereocenters. The van der Waals surface area contributed by atoms with Crippen molar-refractivity contribution in [2.75, 3.05) is 19.0 Å². The molecule has 0 saturated heterocycles. The third-order valence-corrected chi connectivity index (χ3v) is 4.21. The number of halogens is 1. The first-order valence-corrected chi connectivity index (χ1v) is 9.01. The largest absolute Gasteiger partial charge is 0.490 e. The van der Waals surface area contributed by atoms with Crippen LogP contribution in [-0.2, 0) is 0 Å². The smallest absolute Gasteiger partial charge is 0.299 e. The summed E-state index contributed by atoms with van der Waals surface area (Å²) in [6.07, 6.45) is 1.49. The van der Waals surface area contributed by atoms with E-state index >= 15 is 0 Å². The molecular weight excluding hydrogens is 380 g/mol. The first-order chi connectivity index (χ1) is 13.5. The summed E-state index contributed by atoms with van der Waals surface area (Å²) in [7, 11) is 1.57. The highest BCUT2D eigenvalue weighted by Gasteiger charge is 2.14. The Morgan fingerprint density at radius 1 is 1.14 bits per heavy atom. The van der Waals surface area contributed by atoms with Crippen LogP contribution in [0, 0.1) is 0 Å². The monoisotopic (exact) mass is 398 g/mol. The van der Waals surface area contributed by atoms with Crippen molar-refractivity contribution in [2.45, 2.75) is 6.92 Å². The number of rotatable bonds is 6. The third kappa shape index (κ3) is 4.15. The molecule has 0 radical (unpaired) electrons. The number of nitrogens with zero attached hydrogens (tertiary/aromatic N) is 2. The molecule has 0 aliphatic heterocycles. The summed E-state index contributed by atoms with van der Waals surface area (Å²) in [4.78, 5) is 24.7. The van der Waals surface area contributed by atoms with E-state index in [1.165, 1.54) is 10.9 Å². The second kappa shape index (κ2) is 8.58. The average Bonchev–Trinajstić information content (AvgIpc) is 2.72. The Morgan fingerprint density at radius 3 is 2.43 bits per heavy atom. The van der Waals surface area contributed by atoms with Crippen LogP contribution in [-0.4, -0.2) is 29.3 Å². The molecule has 0 atom stereocenters. The molecule has 2 N–H and O–H groups in total. The van der Waals surface area contributed by atoms with E-state index in [-0.39, 0.29) is 17.2 Å². The quantitative estimate of drug-likeness (QED) is 0.664. The van der Waals surface area contributed by atoms with Gasteiger partial charge >= 0.3 is 0 Å². The summed E-state index contributed by atoms with van der Waals surface area (Å²) in [6.45, 7) is 2.21. The average molecular weight is 399 g/mol. The van der Waals surface area contributed by atoms with Gasteiger partial charge in [-0.25, -0.2) is 0 Å². The Balaban J connectivity index is 2.00. The third-order valence-electron chi connectivity index (χ3n) is 3.96. The molecule has 0 aliphatic carbocycles. The van der Waals surface area contributed by atoms with E-state index in [0.717, 1.165) is 0 Å². The van der Waals surface area contributed by atoms with Crippen molar-refractivity contribution < 1.29 is 9.53 Å². The lowest BCUT2D eigenvalue weighted by Gasteiger charge is -2.14. The van der Waals surface area contributed by atoms with E-state index in [4.69, 9.17) is 16.3 Å². The normalized spacial score (nSPS) is 10.4. The van der Waals surface area contributed by atoms with Gasteiger partial charge in [-0.3, -0.25) is 9.59 Å². The molecule has 2 aromatic carbocycles. The van der Waals surface area contributed by atoms with E-state index in [1.54, 1.807) is 55.6 Å². The Kier molecular flexibility index (Phi) is 5.96. The lowest BCUT2D eigenvalue weighted by molar-refractivity contribution is 0.0963. The number of ether oxygens (including phenoxy) is 1. The summed E-state index contributed by atoms with van der Waals surface area (Å²) < 4.78 is 6.82. The van der Waals surface area contributed by atoms with Gasteiger partial charge in [-0.1, -0.05) is 11.6 Å². The zero-order chi connectivity index (χ0) is 20.1. The molecule has 7 nitrogen and oxygen atoms in total. The molecule has 0 fully saturated rings.